The Morgan fingerprint density at radius 3 is 1.19 bits per heavy atom. The molecule has 9 fully saturated rings. The van der Waals surface area contributed by atoms with Crippen molar-refractivity contribution in [3.05, 3.63) is 0 Å². The molecule has 2 atom stereocenters. The van der Waals surface area contributed by atoms with E-state index in [0.29, 0.717) is 0 Å². The molecule has 8 saturated carbocycles. The molecule has 5 heteroatoms. The second-order valence-corrected chi connectivity index (χ2v) is 13.4. The van der Waals surface area contributed by atoms with Crippen molar-refractivity contribution in [1.82, 2.24) is 10.6 Å². The van der Waals surface area contributed by atoms with Crippen molar-refractivity contribution >= 4 is 11.8 Å². The van der Waals surface area contributed by atoms with Crippen LogP contribution in [0.15, 0.2) is 0 Å². The van der Waals surface area contributed by atoms with Gasteiger partial charge < -0.3 is 15.4 Å². The van der Waals surface area contributed by atoms with Gasteiger partial charge in [-0.05, 0) is 132 Å². The van der Waals surface area contributed by atoms with Gasteiger partial charge in [-0.25, -0.2) is 0 Å². The van der Waals surface area contributed by atoms with Crippen LogP contribution in [-0.4, -0.2) is 24.3 Å². The number of hydrogen-bond donors (Lipinski definition) is 2. The van der Waals surface area contributed by atoms with Crippen LogP contribution in [0.2, 0.25) is 0 Å². The van der Waals surface area contributed by atoms with Crippen molar-refractivity contribution in [2.24, 2.45) is 46.3 Å². The van der Waals surface area contributed by atoms with Crippen LogP contribution in [0.25, 0.3) is 0 Å². The van der Waals surface area contributed by atoms with Crippen LogP contribution >= 0.6 is 0 Å². The second kappa shape index (κ2) is 7.20. The van der Waals surface area contributed by atoms with Crippen LogP contribution in [0.4, 0.5) is 0 Å². The minimum Gasteiger partial charge on any atom is -0.336 e. The third-order valence-electron chi connectivity index (χ3n) is 10.9. The first kappa shape index (κ1) is 20.3. The summed E-state index contributed by atoms with van der Waals surface area (Å²) in [5.41, 5.74) is -0.263. The number of rotatable bonds is 4. The van der Waals surface area contributed by atoms with E-state index < -0.39 is 0 Å². The summed E-state index contributed by atoms with van der Waals surface area (Å²) >= 11 is 0. The normalized spacial score (nSPS) is 52.8. The summed E-state index contributed by atoms with van der Waals surface area (Å²) in [4.78, 5) is 26.9. The van der Waals surface area contributed by atoms with E-state index in [-0.39, 0.29) is 35.1 Å². The lowest BCUT2D eigenvalue weighted by Gasteiger charge is -2.56. The van der Waals surface area contributed by atoms with Crippen molar-refractivity contribution in [2.45, 2.75) is 109 Å². The maximum atomic E-state index is 13.4. The average Bonchev–Trinajstić information content (AvgIpc) is 2.72. The van der Waals surface area contributed by atoms with Gasteiger partial charge in [0.05, 0.1) is 10.8 Å². The first-order valence-corrected chi connectivity index (χ1v) is 13.7. The molecule has 9 rings (SSSR count). The summed E-state index contributed by atoms with van der Waals surface area (Å²) in [5, 5.41) is 6.60. The molecule has 2 unspecified atom stereocenters. The molecule has 0 aromatic heterocycles. The Balaban J connectivity index is 0.985. The molecule has 2 N–H and O–H groups in total. The van der Waals surface area contributed by atoms with Gasteiger partial charge in [-0.15, -0.1) is 0 Å². The highest BCUT2D eigenvalue weighted by atomic mass is 16.5. The lowest BCUT2D eigenvalue weighted by atomic mass is 9.49. The van der Waals surface area contributed by atoms with Crippen molar-refractivity contribution in [3.63, 3.8) is 0 Å². The van der Waals surface area contributed by atoms with E-state index >= 15 is 0 Å². The van der Waals surface area contributed by atoms with Crippen molar-refractivity contribution in [1.29, 1.82) is 0 Å². The lowest BCUT2D eigenvalue weighted by molar-refractivity contribution is -0.161. The van der Waals surface area contributed by atoms with Gasteiger partial charge in [-0.1, -0.05) is 0 Å². The van der Waals surface area contributed by atoms with Crippen LogP contribution in [0.3, 0.4) is 0 Å². The van der Waals surface area contributed by atoms with E-state index in [0.717, 1.165) is 93.3 Å². The number of nitrogens with one attached hydrogen (secondary N) is 2. The number of hydrogen-bond acceptors (Lipinski definition) is 3. The zero-order valence-electron chi connectivity index (χ0n) is 19.5. The molecule has 2 amide bonds. The molecule has 176 valence electrons. The molecule has 5 nitrogen and oxygen atoms in total. The summed E-state index contributed by atoms with van der Waals surface area (Å²) in [5.74, 6) is 5.11. The highest BCUT2D eigenvalue weighted by molar-refractivity contribution is 5.84. The van der Waals surface area contributed by atoms with Gasteiger partial charge in [0.1, 0.15) is 12.5 Å². The quantitative estimate of drug-likeness (QED) is 0.676. The van der Waals surface area contributed by atoms with Gasteiger partial charge >= 0.3 is 0 Å². The second-order valence-electron chi connectivity index (χ2n) is 13.4. The standard InChI is InChI=1S/C27H40N2O3/c30-24(26-10-16-4-17(11-26)6-18(5-16)12-26)28-22-2-1-3-23(32-22)29-25(31)27-13-19-7-20(14-27)9-21(8-19)15-27/h16-23H,1-15H2,(H,28,30)(H,29,31). The molecule has 0 spiro atoms. The van der Waals surface area contributed by atoms with Gasteiger partial charge in [0.2, 0.25) is 11.8 Å². The summed E-state index contributed by atoms with van der Waals surface area (Å²) in [6.45, 7) is 0. The molecule has 1 aliphatic heterocycles. The Morgan fingerprint density at radius 1 is 0.562 bits per heavy atom. The van der Waals surface area contributed by atoms with Crippen LogP contribution in [0, 0.1) is 46.3 Å². The van der Waals surface area contributed by atoms with Gasteiger partial charge in [0, 0.05) is 0 Å². The monoisotopic (exact) mass is 440 g/mol. The summed E-state index contributed by atoms with van der Waals surface area (Å²) in [6.07, 6.45) is 16.9. The Hall–Kier alpha value is -1.10. The SMILES string of the molecule is O=C(NC1CCCC(NC(=O)C23CC4CC(CC(C4)C2)C3)O1)C12CC3CC(CC(C3)C1)C2. The molecule has 1 heterocycles. The molecule has 0 aromatic rings. The molecule has 0 aromatic carbocycles. The van der Waals surface area contributed by atoms with E-state index in [9.17, 15) is 9.59 Å². The molecule has 32 heavy (non-hydrogen) atoms. The molecule has 1 saturated heterocycles. The van der Waals surface area contributed by atoms with Crippen molar-refractivity contribution in [2.75, 3.05) is 0 Å². The molecule has 8 aliphatic carbocycles. The van der Waals surface area contributed by atoms with E-state index in [1.54, 1.807) is 0 Å². The highest BCUT2D eigenvalue weighted by Crippen LogP contribution is 2.61. The van der Waals surface area contributed by atoms with E-state index in [4.69, 9.17) is 4.74 Å². The molecule has 9 aliphatic rings. The number of amides is 2. The van der Waals surface area contributed by atoms with Crippen LogP contribution < -0.4 is 10.6 Å². The van der Waals surface area contributed by atoms with Gasteiger partial charge in [-0.3, -0.25) is 9.59 Å². The smallest absolute Gasteiger partial charge is 0.228 e. The average molecular weight is 441 g/mol. The zero-order valence-corrected chi connectivity index (χ0v) is 19.5. The predicted octanol–water partition coefficient (Wildman–Crippen LogP) is 4.50. The Bertz CT molecular complexity index is 672. The maximum absolute atomic E-state index is 13.4. The molecule has 8 bridgehead atoms. The lowest BCUT2D eigenvalue weighted by Crippen LogP contribution is -2.58. The topological polar surface area (TPSA) is 67.4 Å². The zero-order chi connectivity index (χ0) is 21.5. The summed E-state index contributed by atoms with van der Waals surface area (Å²) in [7, 11) is 0. The van der Waals surface area contributed by atoms with E-state index in [2.05, 4.69) is 10.6 Å². The first-order valence-electron chi connectivity index (χ1n) is 13.7. The van der Waals surface area contributed by atoms with Gasteiger partial charge in [-0.2, -0.15) is 0 Å². The van der Waals surface area contributed by atoms with Gasteiger partial charge in [0.25, 0.3) is 0 Å². The Kier molecular flexibility index (Phi) is 4.56. The van der Waals surface area contributed by atoms with Crippen LogP contribution in [0.1, 0.15) is 96.3 Å². The van der Waals surface area contributed by atoms with Crippen LogP contribution in [0.5, 0.6) is 0 Å². The van der Waals surface area contributed by atoms with Crippen LogP contribution in [-0.2, 0) is 14.3 Å². The number of carbonyl (C=O) groups is 2. The molecule has 0 radical (unpaired) electrons. The van der Waals surface area contributed by atoms with Crippen molar-refractivity contribution in [3.8, 4) is 0 Å². The first-order chi connectivity index (χ1) is 15.5. The molecular formula is C27H40N2O3. The van der Waals surface area contributed by atoms with E-state index in [1.807, 2.05) is 0 Å². The van der Waals surface area contributed by atoms with E-state index in [1.165, 1.54) is 38.5 Å². The summed E-state index contributed by atoms with van der Waals surface area (Å²) < 4.78 is 6.29. The fraction of sp³-hybridized carbons (Fsp3) is 0.926. The number of carbonyl (C=O) groups excluding carboxylic acids is 2. The minimum absolute atomic E-state index is 0.131. The Labute approximate surface area is 192 Å². The third-order valence-corrected chi connectivity index (χ3v) is 10.9. The molecular weight excluding hydrogens is 400 g/mol. The predicted molar refractivity (Wildman–Crippen MR) is 120 cm³/mol. The minimum atomic E-state index is -0.245. The third kappa shape index (κ3) is 3.27. The summed E-state index contributed by atoms with van der Waals surface area (Å²) in [6, 6.07) is 0. The maximum Gasteiger partial charge on any atom is 0.228 e. The van der Waals surface area contributed by atoms with Crippen molar-refractivity contribution < 1.29 is 14.3 Å². The fourth-order valence-electron chi connectivity index (χ4n) is 10.4. The highest BCUT2D eigenvalue weighted by Gasteiger charge is 2.56. The van der Waals surface area contributed by atoms with Gasteiger partial charge in [0.15, 0.2) is 0 Å². The fourth-order valence-corrected chi connectivity index (χ4v) is 10.4. The Morgan fingerprint density at radius 2 is 0.875 bits per heavy atom. The number of ether oxygens (including phenoxy) is 1. The largest absolute Gasteiger partial charge is 0.336 e.